The van der Waals surface area contributed by atoms with Crippen LogP contribution in [0.4, 0.5) is 0 Å². The Morgan fingerprint density at radius 1 is 0.444 bits per heavy atom. The van der Waals surface area contributed by atoms with Gasteiger partial charge < -0.3 is 13.8 Å². The van der Waals surface area contributed by atoms with Crippen LogP contribution in [-0.4, -0.2) is 8.07 Å². The predicted molar refractivity (Wildman–Crippen MR) is 237 cm³/mol. The molecular formula is C52H52SiZr. The van der Waals surface area contributed by atoms with E-state index in [0.717, 1.165) is 12.8 Å². The molecule has 8 aromatic rings. The van der Waals surface area contributed by atoms with Crippen LogP contribution >= 0.6 is 0 Å². The molecule has 0 bridgehead atoms. The minimum atomic E-state index is -2.94. The van der Waals surface area contributed by atoms with Crippen molar-refractivity contribution < 1.29 is 26.2 Å². The van der Waals surface area contributed by atoms with Crippen molar-refractivity contribution in [2.75, 3.05) is 0 Å². The summed E-state index contributed by atoms with van der Waals surface area (Å²) in [5.41, 5.74) is 7.84. The van der Waals surface area contributed by atoms with Crippen molar-refractivity contribution >= 4 is 50.4 Å². The van der Waals surface area contributed by atoms with Crippen molar-refractivity contribution in [1.82, 2.24) is 0 Å². The van der Waals surface area contributed by atoms with E-state index in [1.807, 2.05) is 0 Å². The maximum absolute atomic E-state index is 3.60. The monoisotopic (exact) mass is 794 g/mol. The van der Waals surface area contributed by atoms with Crippen molar-refractivity contribution in [3.05, 3.63) is 195 Å². The molecule has 0 nitrogen and oxygen atoms in total. The summed E-state index contributed by atoms with van der Waals surface area (Å²) in [6.07, 6.45) is 4.56. The van der Waals surface area contributed by atoms with Crippen LogP contribution in [0.3, 0.4) is 0 Å². The molecule has 8 aromatic carbocycles. The molecule has 0 aromatic heterocycles. The largest absolute Gasteiger partial charge is 4.00 e. The topological polar surface area (TPSA) is 0 Å². The molecule has 0 heterocycles. The van der Waals surface area contributed by atoms with Crippen LogP contribution in [0.2, 0.25) is 0 Å². The zero-order valence-electron chi connectivity index (χ0n) is 32.4. The van der Waals surface area contributed by atoms with E-state index in [2.05, 4.69) is 211 Å². The minimum Gasteiger partial charge on any atom is -0.343 e. The number of fused-ring (bicyclic) bond motifs is 2. The Labute approximate surface area is 344 Å². The van der Waals surface area contributed by atoms with Gasteiger partial charge in [0.15, 0.2) is 0 Å². The zero-order valence-corrected chi connectivity index (χ0v) is 35.9. The molecule has 2 heteroatoms. The second kappa shape index (κ2) is 19.3. The molecule has 0 aliphatic heterocycles. The summed E-state index contributed by atoms with van der Waals surface area (Å²) in [6, 6.07) is 63.3. The maximum Gasteiger partial charge on any atom is 4.00 e. The van der Waals surface area contributed by atoms with E-state index in [0.29, 0.717) is 0 Å². The first-order chi connectivity index (χ1) is 26.0. The molecule has 0 saturated carbocycles. The van der Waals surface area contributed by atoms with Gasteiger partial charge in [0.25, 0.3) is 0 Å². The van der Waals surface area contributed by atoms with Crippen LogP contribution in [0.5, 0.6) is 0 Å². The van der Waals surface area contributed by atoms with E-state index in [1.54, 1.807) is 0 Å². The van der Waals surface area contributed by atoms with Gasteiger partial charge in [-0.15, -0.1) is 79.4 Å². The van der Waals surface area contributed by atoms with Gasteiger partial charge in [0, 0.05) is 0 Å². The van der Waals surface area contributed by atoms with Crippen molar-refractivity contribution in [1.29, 1.82) is 0 Å². The van der Waals surface area contributed by atoms with Crippen LogP contribution in [0, 0.1) is 27.7 Å². The Morgan fingerprint density at radius 2 is 0.759 bits per heavy atom. The van der Waals surface area contributed by atoms with Gasteiger partial charge in [-0.3, -0.25) is 0 Å². The molecule has 0 unspecified atom stereocenters. The first-order valence-corrected chi connectivity index (χ1v) is 21.2. The fourth-order valence-electron chi connectivity index (χ4n) is 7.87. The molecule has 54 heavy (non-hydrogen) atoms. The molecular weight excluding hydrogens is 744 g/mol. The Kier molecular flexibility index (Phi) is 14.6. The van der Waals surface area contributed by atoms with Crippen LogP contribution in [-0.2, 0) is 26.2 Å². The number of rotatable bonds is 8. The zero-order chi connectivity index (χ0) is 37.2. The fraction of sp³-hybridized carbons (Fsp3) is 0.154. The molecule has 8 rings (SSSR count). The molecule has 0 amide bonds. The molecule has 0 aliphatic carbocycles. The molecule has 0 saturated heterocycles. The predicted octanol–water partition coefficient (Wildman–Crippen LogP) is 12.0. The normalized spacial score (nSPS) is 10.9. The minimum absolute atomic E-state index is 0. The van der Waals surface area contributed by atoms with Crippen LogP contribution in [0.15, 0.2) is 170 Å². The van der Waals surface area contributed by atoms with E-state index in [-0.39, 0.29) is 26.2 Å². The summed E-state index contributed by atoms with van der Waals surface area (Å²) in [4.78, 5) is 0. The summed E-state index contributed by atoms with van der Waals surface area (Å²) in [5, 5.41) is 11.2. The van der Waals surface area contributed by atoms with Gasteiger partial charge in [0.2, 0.25) is 0 Å². The number of hydrogen-bond acceptors (Lipinski definition) is 0. The number of unbranched alkanes of at least 4 members (excludes halogenated alkanes) is 2. The summed E-state index contributed by atoms with van der Waals surface area (Å²) >= 11 is 0. The average Bonchev–Trinajstić information content (AvgIpc) is 3.75. The summed E-state index contributed by atoms with van der Waals surface area (Å²) in [5.74, 6) is 0. The van der Waals surface area contributed by atoms with Gasteiger partial charge in [0.05, 0.1) is 8.07 Å². The van der Waals surface area contributed by atoms with Gasteiger partial charge in [0.1, 0.15) is 0 Å². The third-order valence-corrected chi connectivity index (χ3v) is 15.5. The van der Waals surface area contributed by atoms with Gasteiger partial charge in [-0.1, -0.05) is 195 Å². The van der Waals surface area contributed by atoms with E-state index in [1.165, 1.54) is 88.5 Å². The third kappa shape index (κ3) is 8.02. The van der Waals surface area contributed by atoms with Crippen molar-refractivity contribution in [2.45, 2.75) is 53.4 Å². The fourth-order valence-corrected chi connectivity index (χ4v) is 13.6. The van der Waals surface area contributed by atoms with E-state index < -0.39 is 8.07 Å². The van der Waals surface area contributed by atoms with Crippen molar-refractivity contribution in [3.63, 3.8) is 0 Å². The third-order valence-electron chi connectivity index (χ3n) is 10.3. The Balaban J connectivity index is 0.000000570. The van der Waals surface area contributed by atoms with Gasteiger partial charge in [-0.2, -0.15) is 12.8 Å². The van der Waals surface area contributed by atoms with Crippen LogP contribution in [0.25, 0.3) is 43.8 Å². The summed E-state index contributed by atoms with van der Waals surface area (Å²) in [7, 11) is -2.94. The Morgan fingerprint density at radius 3 is 1.07 bits per heavy atom. The summed E-state index contributed by atoms with van der Waals surface area (Å²) < 4.78 is 0. The second-order valence-corrected chi connectivity index (χ2v) is 17.5. The smallest absolute Gasteiger partial charge is 0.343 e. The van der Waals surface area contributed by atoms with Crippen molar-refractivity contribution in [2.24, 2.45) is 0 Å². The van der Waals surface area contributed by atoms with Crippen LogP contribution in [0.1, 0.15) is 50.7 Å². The molecule has 0 N–H and O–H groups in total. The molecule has 0 aliphatic rings. The quantitative estimate of drug-likeness (QED) is 0.106. The van der Waals surface area contributed by atoms with Crippen molar-refractivity contribution in [3.8, 4) is 22.3 Å². The Bertz CT molecular complexity index is 2160. The van der Waals surface area contributed by atoms with Gasteiger partial charge in [-0.05, 0) is 11.1 Å². The molecule has 0 atom stereocenters. The number of hydrogen-bond donors (Lipinski definition) is 0. The molecule has 0 fully saturated rings. The van der Waals surface area contributed by atoms with Gasteiger partial charge >= 0.3 is 26.2 Å². The standard InChI is InChI=1S/C44H34Si.2C4H9.Zr/c1-31-29-35-21-15-27-39(33-17-7-3-8-18-33)41(35)43(31)45(37-23-11-5-12-24-37,38-25-13-6-14-26-38)44-32(2)30-36-22-16-28-40(42(36)44)34-19-9-4-10-20-34;2*1-3-4-2;/h3-30H,1-2H3;2*1,3-4H2,2H3;/q-2;2*-1;+4. The number of benzene rings is 6. The second-order valence-electron chi connectivity index (χ2n) is 13.9. The van der Waals surface area contributed by atoms with E-state index >= 15 is 0 Å². The average molecular weight is 796 g/mol. The van der Waals surface area contributed by atoms with E-state index in [4.69, 9.17) is 0 Å². The summed E-state index contributed by atoms with van der Waals surface area (Å²) in [6.45, 7) is 16.1. The molecule has 268 valence electrons. The van der Waals surface area contributed by atoms with E-state index in [9.17, 15) is 0 Å². The molecule has 0 spiro atoms. The first-order valence-electron chi connectivity index (χ1n) is 19.2. The Hall–Kier alpha value is -4.36. The van der Waals surface area contributed by atoms with Crippen LogP contribution < -0.4 is 20.7 Å². The molecule has 0 radical (unpaired) electrons. The van der Waals surface area contributed by atoms with Gasteiger partial charge in [-0.25, -0.2) is 0 Å². The first kappa shape index (κ1) is 40.8. The SMILES string of the molecule is Cc1[cH-]c2cccc(-c3ccccc3)c2c1[Si](c1ccccc1)(c1ccccc1)c1c(C)[cH-]c2cccc(-c3ccccc3)c12.[CH2-]CCC.[CH2-]CCC.[Zr+4]. The number of aryl methyl sites for hydroxylation is 2. The maximum atomic E-state index is 3.60.